The van der Waals surface area contributed by atoms with Crippen molar-refractivity contribution in [2.24, 2.45) is 0 Å². The molecule has 1 aromatic rings. The molecule has 0 saturated carbocycles. The van der Waals surface area contributed by atoms with Gasteiger partial charge in [-0.25, -0.2) is 8.42 Å². The molecular formula is C16H24N2O2S. The van der Waals surface area contributed by atoms with Gasteiger partial charge in [0, 0.05) is 25.7 Å². The molecule has 2 aliphatic rings. The second-order valence-corrected chi connectivity index (χ2v) is 8.43. The number of hydrogen-bond acceptors (Lipinski definition) is 4. The van der Waals surface area contributed by atoms with Gasteiger partial charge in [0.15, 0.2) is 9.84 Å². The fourth-order valence-corrected chi connectivity index (χ4v) is 5.05. The Hall–Kier alpha value is -0.910. The highest BCUT2D eigenvalue weighted by Gasteiger charge is 2.27. The maximum atomic E-state index is 11.4. The van der Waals surface area contributed by atoms with Crippen LogP contribution in [0.15, 0.2) is 24.3 Å². The first-order valence-corrected chi connectivity index (χ1v) is 9.67. The van der Waals surface area contributed by atoms with E-state index in [1.165, 1.54) is 24.0 Å². The molecule has 0 spiro atoms. The summed E-state index contributed by atoms with van der Waals surface area (Å²) < 4.78 is 22.9. The monoisotopic (exact) mass is 308 g/mol. The summed E-state index contributed by atoms with van der Waals surface area (Å²) in [6, 6.07) is 8.86. The summed E-state index contributed by atoms with van der Waals surface area (Å²) in [4.78, 5) is 2.47. The van der Waals surface area contributed by atoms with Crippen molar-refractivity contribution in [1.82, 2.24) is 10.2 Å². The number of benzene rings is 1. The van der Waals surface area contributed by atoms with Crippen molar-refractivity contribution in [1.29, 1.82) is 0 Å². The number of sulfone groups is 1. The molecule has 0 aliphatic carbocycles. The van der Waals surface area contributed by atoms with E-state index in [4.69, 9.17) is 0 Å². The molecule has 1 unspecified atom stereocenters. The minimum Gasteiger partial charge on any atom is -0.312 e. The lowest BCUT2D eigenvalue weighted by Crippen LogP contribution is -2.37. The molecule has 1 saturated heterocycles. The number of rotatable bonds is 4. The van der Waals surface area contributed by atoms with Crippen LogP contribution in [0.5, 0.6) is 0 Å². The van der Waals surface area contributed by atoms with Crippen LogP contribution in [0, 0.1) is 0 Å². The molecule has 1 atom stereocenters. The van der Waals surface area contributed by atoms with Gasteiger partial charge in [-0.3, -0.25) is 4.90 Å². The Kier molecular flexibility index (Phi) is 4.62. The SMILES string of the molecule is O=S1(=O)CCC(NCCN2CCCc3ccccc3C2)C1. The highest BCUT2D eigenvalue weighted by atomic mass is 32.2. The van der Waals surface area contributed by atoms with Gasteiger partial charge in [-0.2, -0.15) is 0 Å². The lowest BCUT2D eigenvalue weighted by molar-refractivity contribution is 0.265. The van der Waals surface area contributed by atoms with Gasteiger partial charge in [0.05, 0.1) is 11.5 Å². The third-order valence-electron chi connectivity index (χ3n) is 4.53. The van der Waals surface area contributed by atoms with Crippen molar-refractivity contribution in [2.45, 2.75) is 31.8 Å². The summed E-state index contributed by atoms with van der Waals surface area (Å²) in [6.07, 6.45) is 3.14. The van der Waals surface area contributed by atoms with Crippen molar-refractivity contribution < 1.29 is 8.42 Å². The van der Waals surface area contributed by atoms with Crippen LogP contribution < -0.4 is 5.32 Å². The van der Waals surface area contributed by atoms with Crippen molar-refractivity contribution in [2.75, 3.05) is 31.1 Å². The van der Waals surface area contributed by atoms with Crippen LogP contribution in [0.1, 0.15) is 24.0 Å². The first kappa shape index (κ1) is 15.0. The number of nitrogens with one attached hydrogen (secondary N) is 1. The van der Waals surface area contributed by atoms with Gasteiger partial charge in [-0.1, -0.05) is 24.3 Å². The van der Waals surface area contributed by atoms with Gasteiger partial charge in [0.1, 0.15) is 0 Å². The fourth-order valence-electron chi connectivity index (χ4n) is 3.34. The standard InChI is InChI=1S/C16H24N2O2S/c19-21(20)11-7-16(13-21)17-8-10-18-9-3-6-14-4-1-2-5-15(14)12-18/h1-2,4-5,16-17H,3,6-13H2. The van der Waals surface area contributed by atoms with Crippen LogP contribution in [0.2, 0.25) is 0 Å². The molecule has 5 heteroatoms. The van der Waals surface area contributed by atoms with Crippen LogP contribution in [-0.4, -0.2) is 50.5 Å². The van der Waals surface area contributed by atoms with Crippen molar-refractivity contribution in [3.8, 4) is 0 Å². The van der Waals surface area contributed by atoms with E-state index < -0.39 is 9.84 Å². The number of hydrogen-bond donors (Lipinski definition) is 1. The summed E-state index contributed by atoms with van der Waals surface area (Å²) in [6.45, 7) is 4.01. The van der Waals surface area contributed by atoms with Gasteiger partial charge in [0.25, 0.3) is 0 Å². The Morgan fingerprint density at radius 2 is 2.05 bits per heavy atom. The second kappa shape index (κ2) is 6.46. The third-order valence-corrected chi connectivity index (χ3v) is 6.29. The molecule has 1 fully saturated rings. The van der Waals surface area contributed by atoms with Crippen molar-refractivity contribution >= 4 is 9.84 Å². The Bertz CT molecular complexity index is 586. The topological polar surface area (TPSA) is 49.4 Å². The van der Waals surface area contributed by atoms with E-state index in [1.807, 2.05) is 0 Å². The van der Waals surface area contributed by atoms with Gasteiger partial charge >= 0.3 is 0 Å². The lowest BCUT2D eigenvalue weighted by atomic mass is 10.0. The van der Waals surface area contributed by atoms with Crippen LogP contribution in [-0.2, 0) is 22.8 Å². The summed E-state index contributed by atoms with van der Waals surface area (Å²) >= 11 is 0. The first-order chi connectivity index (χ1) is 10.1. The molecule has 0 amide bonds. The van der Waals surface area contributed by atoms with E-state index >= 15 is 0 Å². The molecule has 3 rings (SSSR count). The van der Waals surface area contributed by atoms with Crippen LogP contribution in [0.25, 0.3) is 0 Å². The third kappa shape index (κ3) is 4.05. The van der Waals surface area contributed by atoms with Crippen molar-refractivity contribution in [3.05, 3.63) is 35.4 Å². The molecule has 4 nitrogen and oxygen atoms in total. The van der Waals surface area contributed by atoms with Gasteiger partial charge < -0.3 is 5.32 Å². The molecule has 1 N–H and O–H groups in total. The fraction of sp³-hybridized carbons (Fsp3) is 0.625. The van der Waals surface area contributed by atoms with E-state index in [0.29, 0.717) is 11.5 Å². The molecule has 2 aliphatic heterocycles. The highest BCUT2D eigenvalue weighted by molar-refractivity contribution is 7.91. The normalized spacial score (nSPS) is 25.4. The number of fused-ring (bicyclic) bond motifs is 1. The molecular weight excluding hydrogens is 284 g/mol. The predicted molar refractivity (Wildman–Crippen MR) is 85.1 cm³/mol. The molecule has 1 aromatic carbocycles. The lowest BCUT2D eigenvalue weighted by Gasteiger charge is -2.21. The summed E-state index contributed by atoms with van der Waals surface area (Å²) in [7, 11) is -2.77. The Labute approximate surface area is 127 Å². The Morgan fingerprint density at radius 1 is 1.24 bits per heavy atom. The number of nitrogens with zero attached hydrogens (tertiary/aromatic N) is 1. The Balaban J connectivity index is 1.48. The molecule has 0 aromatic heterocycles. The minimum atomic E-state index is -2.77. The highest BCUT2D eigenvalue weighted by Crippen LogP contribution is 2.18. The van der Waals surface area contributed by atoms with Gasteiger partial charge in [-0.05, 0) is 36.9 Å². The van der Waals surface area contributed by atoms with E-state index in [-0.39, 0.29) is 6.04 Å². The quantitative estimate of drug-likeness (QED) is 0.908. The smallest absolute Gasteiger partial charge is 0.151 e. The van der Waals surface area contributed by atoms with Crippen molar-refractivity contribution in [3.63, 3.8) is 0 Å². The average molecular weight is 308 g/mol. The zero-order valence-corrected chi connectivity index (χ0v) is 13.2. The summed E-state index contributed by atoms with van der Waals surface area (Å²) in [5.74, 6) is 0.664. The second-order valence-electron chi connectivity index (χ2n) is 6.20. The number of aryl methyl sites for hydroxylation is 1. The molecule has 2 heterocycles. The van der Waals surface area contributed by atoms with E-state index in [2.05, 4.69) is 34.5 Å². The maximum Gasteiger partial charge on any atom is 0.151 e. The van der Waals surface area contributed by atoms with E-state index in [9.17, 15) is 8.42 Å². The van der Waals surface area contributed by atoms with E-state index in [0.717, 1.165) is 32.6 Å². The minimum absolute atomic E-state index is 0.161. The molecule has 21 heavy (non-hydrogen) atoms. The Morgan fingerprint density at radius 3 is 2.81 bits per heavy atom. The zero-order chi connectivity index (χ0) is 14.7. The van der Waals surface area contributed by atoms with Crippen LogP contribution in [0.3, 0.4) is 0 Å². The molecule has 0 bridgehead atoms. The van der Waals surface area contributed by atoms with Crippen LogP contribution >= 0.6 is 0 Å². The largest absolute Gasteiger partial charge is 0.312 e. The maximum absolute atomic E-state index is 11.4. The summed E-state index contributed by atoms with van der Waals surface area (Å²) in [5, 5.41) is 3.41. The van der Waals surface area contributed by atoms with Gasteiger partial charge in [-0.15, -0.1) is 0 Å². The zero-order valence-electron chi connectivity index (χ0n) is 12.4. The van der Waals surface area contributed by atoms with E-state index in [1.54, 1.807) is 0 Å². The molecule has 0 radical (unpaired) electrons. The summed E-state index contributed by atoms with van der Waals surface area (Å²) in [5.41, 5.74) is 2.92. The van der Waals surface area contributed by atoms with Gasteiger partial charge in [0.2, 0.25) is 0 Å². The first-order valence-electron chi connectivity index (χ1n) is 7.85. The van der Waals surface area contributed by atoms with Crippen LogP contribution in [0.4, 0.5) is 0 Å². The molecule has 116 valence electrons. The predicted octanol–water partition coefficient (Wildman–Crippen LogP) is 1.21. The average Bonchev–Trinajstić information content (AvgIpc) is 2.68.